The van der Waals surface area contributed by atoms with E-state index in [1.807, 2.05) is 6.08 Å². The van der Waals surface area contributed by atoms with Gasteiger partial charge in [-0.3, -0.25) is 4.79 Å². The van der Waals surface area contributed by atoms with Crippen LogP contribution in [-0.2, 0) is 4.79 Å². The summed E-state index contributed by atoms with van der Waals surface area (Å²) in [6.07, 6.45) is 15.9. The Hall–Kier alpha value is -0.630. The van der Waals surface area contributed by atoms with Gasteiger partial charge in [-0.1, -0.05) is 53.0 Å². The van der Waals surface area contributed by atoms with Crippen LogP contribution in [0.3, 0.4) is 0 Å². The van der Waals surface area contributed by atoms with E-state index in [1.54, 1.807) is 0 Å². The average Bonchev–Trinajstić information content (AvgIpc) is 3.11. The monoisotopic (exact) mass is 428 g/mol. The van der Waals surface area contributed by atoms with Crippen molar-refractivity contribution in [3.63, 3.8) is 0 Å². The molecule has 4 aliphatic carbocycles. The number of hydrogen-bond donors (Lipinski definition) is 1. The largest absolute Gasteiger partial charge is 0.396 e. The highest BCUT2D eigenvalue weighted by Gasteiger charge is 2.59. The minimum atomic E-state index is 0.302. The maximum atomic E-state index is 12.1. The molecule has 1 unspecified atom stereocenters. The molecule has 4 aliphatic rings. The summed E-state index contributed by atoms with van der Waals surface area (Å²) < 4.78 is 0. The van der Waals surface area contributed by atoms with Crippen LogP contribution in [0, 0.1) is 52.3 Å². The normalized spacial score (nSPS) is 42.8. The van der Waals surface area contributed by atoms with Crippen molar-refractivity contribution in [1.82, 2.24) is 0 Å². The van der Waals surface area contributed by atoms with Gasteiger partial charge in [0.05, 0.1) is 0 Å². The predicted octanol–water partition coefficient (Wildman–Crippen LogP) is 7.21. The summed E-state index contributed by atoms with van der Waals surface area (Å²) in [6, 6.07) is 0. The Bertz CT molecular complexity index is 695. The smallest absolute Gasteiger partial charge is 0.155 e. The number of ketones is 1. The van der Waals surface area contributed by atoms with E-state index in [4.69, 9.17) is 0 Å². The lowest BCUT2D eigenvalue weighted by Gasteiger charge is -2.58. The van der Waals surface area contributed by atoms with Gasteiger partial charge in [-0.2, -0.15) is 0 Å². The molecule has 0 aromatic rings. The lowest BCUT2D eigenvalue weighted by Crippen LogP contribution is -2.51. The van der Waals surface area contributed by atoms with Gasteiger partial charge in [-0.05, 0) is 110 Å². The minimum absolute atomic E-state index is 0.302. The molecule has 0 heterocycles. The number of carbonyl (C=O) groups excluding carboxylic acids is 1. The van der Waals surface area contributed by atoms with Gasteiger partial charge in [-0.25, -0.2) is 0 Å². The van der Waals surface area contributed by atoms with Crippen LogP contribution in [0.25, 0.3) is 0 Å². The topological polar surface area (TPSA) is 37.3 Å². The highest BCUT2D eigenvalue weighted by atomic mass is 16.3. The Morgan fingerprint density at radius 1 is 1.03 bits per heavy atom. The third-order valence-corrected chi connectivity index (χ3v) is 11.3. The summed E-state index contributed by atoms with van der Waals surface area (Å²) in [6.45, 7) is 12.6. The van der Waals surface area contributed by atoms with Crippen molar-refractivity contribution in [3.8, 4) is 0 Å². The zero-order valence-electron chi connectivity index (χ0n) is 21.0. The van der Waals surface area contributed by atoms with Crippen molar-refractivity contribution in [3.05, 3.63) is 11.6 Å². The van der Waals surface area contributed by atoms with Gasteiger partial charge in [0.15, 0.2) is 5.78 Å². The zero-order chi connectivity index (χ0) is 22.4. The maximum Gasteiger partial charge on any atom is 0.155 e. The third kappa shape index (κ3) is 3.98. The van der Waals surface area contributed by atoms with Gasteiger partial charge in [0.2, 0.25) is 0 Å². The van der Waals surface area contributed by atoms with Crippen LogP contribution in [-0.4, -0.2) is 17.5 Å². The molecule has 0 saturated heterocycles. The molecule has 0 bridgehead atoms. The number of carbonyl (C=O) groups is 1. The van der Waals surface area contributed by atoms with E-state index >= 15 is 0 Å². The van der Waals surface area contributed by atoms with E-state index in [1.165, 1.54) is 63.4 Å². The van der Waals surface area contributed by atoms with Gasteiger partial charge in [0, 0.05) is 13.0 Å². The van der Waals surface area contributed by atoms with Crippen LogP contribution in [0.15, 0.2) is 11.6 Å². The second-order valence-corrected chi connectivity index (χ2v) is 12.6. The Labute approximate surface area is 191 Å². The van der Waals surface area contributed by atoms with Crippen molar-refractivity contribution < 1.29 is 9.90 Å². The maximum absolute atomic E-state index is 12.1. The molecule has 3 fully saturated rings. The molecule has 4 rings (SSSR count). The lowest BCUT2D eigenvalue weighted by molar-refractivity contribution is -0.117. The Morgan fingerprint density at radius 3 is 2.52 bits per heavy atom. The fourth-order valence-electron chi connectivity index (χ4n) is 9.25. The molecule has 2 heteroatoms. The highest BCUT2D eigenvalue weighted by Crippen LogP contribution is 2.67. The molecule has 2 nitrogen and oxygen atoms in total. The first kappa shape index (κ1) is 23.5. The molecule has 0 amide bonds. The van der Waals surface area contributed by atoms with Crippen molar-refractivity contribution >= 4 is 5.78 Å². The Kier molecular flexibility index (Phi) is 6.80. The van der Waals surface area contributed by atoms with E-state index in [0.29, 0.717) is 35.1 Å². The molecule has 1 N–H and O–H groups in total. The molecule has 0 radical (unpaired) electrons. The molecular formula is C29H48O2. The first-order valence-corrected chi connectivity index (χ1v) is 13.6. The van der Waals surface area contributed by atoms with Gasteiger partial charge >= 0.3 is 0 Å². The van der Waals surface area contributed by atoms with Gasteiger partial charge in [0.1, 0.15) is 0 Å². The van der Waals surface area contributed by atoms with Gasteiger partial charge < -0.3 is 5.11 Å². The zero-order valence-corrected chi connectivity index (χ0v) is 21.0. The van der Waals surface area contributed by atoms with Crippen LogP contribution >= 0.6 is 0 Å². The number of hydrogen-bond acceptors (Lipinski definition) is 2. The molecule has 0 aliphatic heterocycles. The molecule has 31 heavy (non-hydrogen) atoms. The summed E-state index contributed by atoms with van der Waals surface area (Å²) in [4.78, 5) is 12.1. The molecule has 9 atom stereocenters. The fourth-order valence-corrected chi connectivity index (χ4v) is 9.25. The van der Waals surface area contributed by atoms with Crippen LogP contribution < -0.4 is 0 Å². The van der Waals surface area contributed by atoms with Crippen molar-refractivity contribution in [2.75, 3.05) is 6.61 Å². The number of rotatable bonds is 7. The molecule has 0 aromatic carbocycles. The van der Waals surface area contributed by atoms with Gasteiger partial charge in [-0.15, -0.1) is 0 Å². The first-order chi connectivity index (χ1) is 14.7. The molecular weight excluding hydrogens is 380 g/mol. The van der Waals surface area contributed by atoms with Gasteiger partial charge in [0.25, 0.3) is 0 Å². The summed E-state index contributed by atoms with van der Waals surface area (Å²) in [5, 5.41) is 9.61. The number of aliphatic hydroxyl groups excluding tert-OH is 1. The van der Waals surface area contributed by atoms with E-state index in [2.05, 4.69) is 34.6 Å². The predicted molar refractivity (Wildman–Crippen MR) is 129 cm³/mol. The van der Waals surface area contributed by atoms with Crippen LogP contribution in [0.5, 0.6) is 0 Å². The summed E-state index contributed by atoms with van der Waals surface area (Å²) in [7, 11) is 0. The molecule has 176 valence electrons. The van der Waals surface area contributed by atoms with E-state index in [9.17, 15) is 9.90 Å². The number of allylic oxidation sites excluding steroid dienone is 1. The fraction of sp³-hybridized carbons (Fsp3) is 0.897. The van der Waals surface area contributed by atoms with Crippen LogP contribution in [0.4, 0.5) is 0 Å². The second kappa shape index (κ2) is 8.96. The SMILES string of the molecule is CC[C@H](CC[C@@H](C)[C@H]1CC[C@H]2[C@@H]3CCC4=CC(=O)CC[C@]4(C)[C@H]3CC[C@]12C)C(C)CO. The molecule has 0 spiro atoms. The van der Waals surface area contributed by atoms with E-state index in [0.717, 1.165) is 42.4 Å². The second-order valence-electron chi connectivity index (χ2n) is 12.6. The van der Waals surface area contributed by atoms with E-state index < -0.39 is 0 Å². The Balaban J connectivity index is 1.46. The molecule has 3 saturated carbocycles. The third-order valence-electron chi connectivity index (χ3n) is 11.3. The van der Waals surface area contributed by atoms with E-state index in [-0.39, 0.29) is 0 Å². The van der Waals surface area contributed by atoms with Crippen molar-refractivity contribution in [1.29, 1.82) is 0 Å². The summed E-state index contributed by atoms with van der Waals surface area (Å²) >= 11 is 0. The van der Waals surface area contributed by atoms with Crippen LogP contribution in [0.1, 0.15) is 105 Å². The summed E-state index contributed by atoms with van der Waals surface area (Å²) in [5.41, 5.74) is 2.32. The average molecular weight is 429 g/mol. The summed E-state index contributed by atoms with van der Waals surface area (Å²) in [5.74, 6) is 5.74. The first-order valence-electron chi connectivity index (χ1n) is 13.6. The minimum Gasteiger partial charge on any atom is -0.396 e. The number of aliphatic hydroxyl groups is 1. The van der Waals surface area contributed by atoms with Crippen molar-refractivity contribution in [2.24, 2.45) is 52.3 Å². The Morgan fingerprint density at radius 2 is 1.81 bits per heavy atom. The quantitative estimate of drug-likeness (QED) is 0.465. The molecule has 0 aromatic heterocycles. The van der Waals surface area contributed by atoms with Crippen molar-refractivity contribution in [2.45, 2.75) is 105 Å². The highest BCUT2D eigenvalue weighted by molar-refractivity contribution is 5.91. The standard InChI is InChI=1S/C29H48O2/c1-6-21(20(3)18-30)8-7-19(2)25-11-12-26-24-10-9-22-17-23(31)13-15-28(22,4)27(24)14-16-29(25,26)5/h17,19-21,24-27,30H,6-16,18H2,1-5H3/t19-,20?,21-,24+,25-,26+,27+,28+,29-/m1/s1. The lowest BCUT2D eigenvalue weighted by atomic mass is 9.46. The van der Waals surface area contributed by atoms with Crippen LogP contribution in [0.2, 0.25) is 0 Å². The number of fused-ring (bicyclic) bond motifs is 5.